The fraction of sp³-hybridized carbons (Fsp3) is 0.500. The second-order valence-corrected chi connectivity index (χ2v) is 4.13. The second kappa shape index (κ2) is 6.27. The lowest BCUT2D eigenvalue weighted by Gasteiger charge is -2.22. The summed E-state index contributed by atoms with van der Waals surface area (Å²) in [6, 6.07) is 2.65. The summed E-state index contributed by atoms with van der Waals surface area (Å²) in [6.07, 6.45) is 0.623. The predicted molar refractivity (Wildman–Crippen MR) is 64.2 cm³/mol. The monoisotopic (exact) mass is 287 g/mol. The molecule has 20 heavy (non-hydrogen) atoms. The van der Waals surface area contributed by atoms with Gasteiger partial charge in [-0.2, -0.15) is 4.39 Å². The molecule has 7 nitrogen and oxygen atoms in total. The molecule has 0 aliphatic rings. The van der Waals surface area contributed by atoms with Crippen molar-refractivity contribution in [2.24, 2.45) is 0 Å². The van der Waals surface area contributed by atoms with E-state index in [0.29, 0.717) is 0 Å². The van der Waals surface area contributed by atoms with Gasteiger partial charge in [-0.1, -0.05) is 0 Å². The van der Waals surface area contributed by atoms with Gasteiger partial charge in [0.2, 0.25) is 0 Å². The number of Topliss-reactive ketones (excluding diaryl/α,β-unsaturated/α-hetero) is 1. The lowest BCUT2D eigenvalue weighted by atomic mass is 9.90. The van der Waals surface area contributed by atoms with Crippen LogP contribution in [0.4, 0.5) is 4.39 Å². The Morgan fingerprint density at radius 3 is 2.65 bits per heavy atom. The van der Waals surface area contributed by atoms with Gasteiger partial charge >= 0.3 is 11.8 Å². The zero-order chi connectivity index (χ0) is 15.3. The van der Waals surface area contributed by atoms with Crippen molar-refractivity contribution in [3.8, 4) is 0 Å². The smallest absolute Gasteiger partial charge is 0.464 e. The zero-order valence-electron chi connectivity index (χ0n) is 11.0. The van der Waals surface area contributed by atoms with E-state index in [2.05, 4.69) is 4.74 Å². The van der Waals surface area contributed by atoms with Gasteiger partial charge in [0.05, 0.1) is 17.8 Å². The van der Waals surface area contributed by atoms with E-state index < -0.39 is 34.8 Å². The maximum Gasteiger partial charge on any atom is 0.464 e. The Kier molecular flexibility index (Phi) is 4.95. The van der Waals surface area contributed by atoms with Crippen LogP contribution < -0.4 is 0 Å². The van der Waals surface area contributed by atoms with Gasteiger partial charge in [0.1, 0.15) is 17.5 Å². The van der Waals surface area contributed by atoms with Gasteiger partial charge in [-0.15, -0.1) is 0 Å². The Labute approximate surface area is 113 Å². The Morgan fingerprint density at radius 2 is 2.25 bits per heavy atom. The van der Waals surface area contributed by atoms with Crippen LogP contribution in [0.5, 0.6) is 0 Å². The Bertz CT molecular complexity index is 500. The SMILES string of the molecule is CCOC(=O)[C@@](F)([C@H](CC(C)=O)c1ccco1)[N+](=O)[O-]. The van der Waals surface area contributed by atoms with E-state index in [1.165, 1.54) is 25.3 Å². The fourth-order valence-electron chi connectivity index (χ4n) is 1.78. The van der Waals surface area contributed by atoms with Crippen molar-refractivity contribution in [1.29, 1.82) is 0 Å². The molecule has 1 heterocycles. The van der Waals surface area contributed by atoms with Crippen molar-refractivity contribution >= 4 is 11.8 Å². The zero-order valence-corrected chi connectivity index (χ0v) is 11.0. The number of rotatable bonds is 7. The summed E-state index contributed by atoms with van der Waals surface area (Å²) in [5.74, 6) is -7.57. The summed E-state index contributed by atoms with van der Waals surface area (Å²) in [6.45, 7) is 2.32. The average Bonchev–Trinajstić information content (AvgIpc) is 2.88. The number of furan rings is 1. The van der Waals surface area contributed by atoms with Crippen LogP contribution in [0.1, 0.15) is 31.9 Å². The van der Waals surface area contributed by atoms with Gasteiger partial charge in [0.15, 0.2) is 0 Å². The number of nitrogens with zero attached hydrogens (tertiary/aromatic N) is 1. The third kappa shape index (κ3) is 3.01. The number of halogens is 1. The third-order valence-electron chi connectivity index (χ3n) is 2.67. The molecule has 1 aromatic heterocycles. The minimum atomic E-state index is -3.57. The van der Waals surface area contributed by atoms with Crippen molar-refractivity contribution in [2.75, 3.05) is 6.61 Å². The number of hydrogen-bond donors (Lipinski definition) is 0. The first-order chi connectivity index (χ1) is 9.33. The molecule has 8 heteroatoms. The highest BCUT2D eigenvalue weighted by Gasteiger charge is 2.62. The summed E-state index contributed by atoms with van der Waals surface area (Å²) in [4.78, 5) is 32.5. The molecule has 0 aromatic carbocycles. The van der Waals surface area contributed by atoms with Crippen LogP contribution >= 0.6 is 0 Å². The Hall–Kier alpha value is -2.25. The van der Waals surface area contributed by atoms with E-state index in [1.54, 1.807) is 0 Å². The summed E-state index contributed by atoms with van der Waals surface area (Å²) < 4.78 is 24.0. The molecule has 0 aliphatic heterocycles. The van der Waals surface area contributed by atoms with Gasteiger partial charge in [-0.3, -0.25) is 14.9 Å². The summed E-state index contributed by atoms with van der Waals surface area (Å²) in [5.41, 5.74) is 0. The molecule has 0 amide bonds. The largest absolute Gasteiger partial charge is 0.469 e. The van der Waals surface area contributed by atoms with E-state index >= 15 is 0 Å². The van der Waals surface area contributed by atoms with E-state index in [1.807, 2.05) is 0 Å². The molecule has 0 radical (unpaired) electrons. The first kappa shape index (κ1) is 15.8. The molecule has 0 unspecified atom stereocenters. The van der Waals surface area contributed by atoms with Crippen LogP contribution in [0.3, 0.4) is 0 Å². The molecule has 110 valence electrons. The number of ketones is 1. The van der Waals surface area contributed by atoms with E-state index in [4.69, 9.17) is 4.42 Å². The first-order valence-electron chi connectivity index (χ1n) is 5.87. The standard InChI is InChI=1S/C12H14FNO6/c1-3-19-11(16)12(13,14(17)18)9(7-8(2)15)10-5-4-6-20-10/h4-6,9H,3,7H2,1-2H3/t9-,12-/m1/s1. The van der Waals surface area contributed by atoms with E-state index in [0.717, 1.165) is 6.92 Å². The molecule has 0 saturated carbocycles. The number of ether oxygens (including phenoxy) is 1. The van der Waals surface area contributed by atoms with Crippen molar-refractivity contribution in [1.82, 2.24) is 0 Å². The topological polar surface area (TPSA) is 99.7 Å². The number of carbonyl (C=O) groups excluding carboxylic acids is 2. The van der Waals surface area contributed by atoms with Crippen molar-refractivity contribution in [3.05, 3.63) is 34.3 Å². The molecule has 2 atom stereocenters. The lowest BCUT2D eigenvalue weighted by Crippen LogP contribution is -2.49. The highest BCUT2D eigenvalue weighted by atomic mass is 19.1. The molecular formula is C12H14FNO6. The molecule has 0 spiro atoms. The summed E-state index contributed by atoms with van der Waals surface area (Å²) in [5, 5.41) is 11.0. The maximum atomic E-state index is 14.7. The van der Waals surface area contributed by atoms with Crippen LogP contribution in [0.2, 0.25) is 0 Å². The average molecular weight is 287 g/mol. The molecule has 0 fully saturated rings. The quantitative estimate of drug-likeness (QED) is 0.328. The number of esters is 1. The lowest BCUT2D eigenvalue weighted by molar-refractivity contribution is -0.594. The van der Waals surface area contributed by atoms with Crippen molar-refractivity contribution < 1.29 is 28.1 Å². The Morgan fingerprint density at radius 1 is 1.60 bits per heavy atom. The minimum Gasteiger partial charge on any atom is -0.469 e. The van der Waals surface area contributed by atoms with Gasteiger partial charge < -0.3 is 9.15 Å². The first-order valence-corrected chi connectivity index (χ1v) is 5.87. The fourth-order valence-corrected chi connectivity index (χ4v) is 1.78. The summed E-state index contributed by atoms with van der Waals surface area (Å²) >= 11 is 0. The molecular weight excluding hydrogens is 273 g/mol. The molecule has 0 bridgehead atoms. The van der Waals surface area contributed by atoms with E-state index in [-0.39, 0.29) is 12.4 Å². The number of carbonyl (C=O) groups is 2. The number of nitro groups is 1. The number of hydrogen-bond acceptors (Lipinski definition) is 6. The van der Waals surface area contributed by atoms with Crippen molar-refractivity contribution in [3.63, 3.8) is 0 Å². The predicted octanol–water partition coefficient (Wildman–Crippen LogP) is 1.85. The van der Waals surface area contributed by atoms with Gasteiger partial charge in [0.25, 0.3) is 0 Å². The van der Waals surface area contributed by atoms with Crippen LogP contribution in [0, 0.1) is 10.1 Å². The van der Waals surface area contributed by atoms with Gasteiger partial charge in [-0.05, 0) is 26.0 Å². The number of alkyl halides is 1. The molecule has 0 saturated heterocycles. The van der Waals surface area contributed by atoms with Crippen LogP contribution in [-0.2, 0) is 14.3 Å². The molecule has 0 aliphatic carbocycles. The minimum absolute atomic E-state index is 0.160. The summed E-state index contributed by atoms with van der Waals surface area (Å²) in [7, 11) is 0. The van der Waals surface area contributed by atoms with E-state index in [9.17, 15) is 24.1 Å². The normalized spacial score (nSPS) is 15.2. The van der Waals surface area contributed by atoms with Crippen LogP contribution in [0.15, 0.2) is 22.8 Å². The van der Waals surface area contributed by atoms with Crippen LogP contribution in [0.25, 0.3) is 0 Å². The highest BCUT2D eigenvalue weighted by Crippen LogP contribution is 2.37. The third-order valence-corrected chi connectivity index (χ3v) is 2.67. The molecule has 0 N–H and O–H groups in total. The molecule has 1 rings (SSSR count). The van der Waals surface area contributed by atoms with Crippen molar-refractivity contribution in [2.45, 2.75) is 32.0 Å². The van der Waals surface area contributed by atoms with Crippen LogP contribution in [-0.4, -0.2) is 29.1 Å². The van der Waals surface area contributed by atoms with Gasteiger partial charge in [0, 0.05) is 6.42 Å². The highest BCUT2D eigenvalue weighted by molar-refractivity contribution is 5.82. The Balaban J connectivity index is 3.28. The second-order valence-electron chi connectivity index (χ2n) is 4.13. The van der Waals surface area contributed by atoms with Gasteiger partial charge in [-0.25, -0.2) is 4.79 Å². The molecule has 1 aromatic rings. The maximum absolute atomic E-state index is 14.7.